The van der Waals surface area contributed by atoms with Crippen molar-refractivity contribution in [3.8, 4) is 5.75 Å². The third-order valence-electron chi connectivity index (χ3n) is 6.12. The maximum Gasteiger partial charge on any atom is 0.446 e. The highest BCUT2D eigenvalue weighted by Gasteiger charge is 2.51. The van der Waals surface area contributed by atoms with Crippen molar-refractivity contribution in [1.29, 1.82) is 0 Å². The second-order valence-corrected chi connectivity index (χ2v) is 7.51. The Hall–Kier alpha value is -2.09. The molecule has 1 aliphatic heterocycles. The zero-order valence-corrected chi connectivity index (χ0v) is 14.7. The number of carboxylic acids is 1. The highest BCUT2D eigenvalue weighted by atomic mass is 19.4. The van der Waals surface area contributed by atoms with Gasteiger partial charge in [-0.2, -0.15) is 13.2 Å². The minimum atomic E-state index is -4.64. The predicted molar refractivity (Wildman–Crippen MR) is 90.9 cm³/mol. The quantitative estimate of drug-likeness (QED) is 0.647. The van der Waals surface area contributed by atoms with E-state index in [0.717, 1.165) is 24.9 Å². The SMILES string of the molecule is O=C(O)c1cc2c(cc1O)[C@]13CCCC[C@@H]1[C@H](C2)NCC3.O=CC(F)(F)F. The Morgan fingerprint density at radius 2 is 1.96 bits per heavy atom. The minimum Gasteiger partial charge on any atom is -0.507 e. The van der Waals surface area contributed by atoms with E-state index >= 15 is 0 Å². The first-order chi connectivity index (χ1) is 12.7. The van der Waals surface area contributed by atoms with Crippen molar-refractivity contribution in [2.24, 2.45) is 5.92 Å². The molecule has 1 saturated carbocycles. The van der Waals surface area contributed by atoms with Crippen LogP contribution in [-0.2, 0) is 16.6 Å². The Morgan fingerprint density at radius 3 is 2.59 bits per heavy atom. The van der Waals surface area contributed by atoms with Gasteiger partial charge in [0, 0.05) is 11.5 Å². The number of rotatable bonds is 1. The Kier molecular flexibility index (Phi) is 5.20. The summed E-state index contributed by atoms with van der Waals surface area (Å²) in [5.41, 5.74) is 2.56. The van der Waals surface area contributed by atoms with E-state index in [4.69, 9.17) is 4.79 Å². The van der Waals surface area contributed by atoms with Crippen molar-refractivity contribution in [1.82, 2.24) is 5.32 Å². The molecular weight excluding hydrogens is 363 g/mol. The zero-order valence-electron chi connectivity index (χ0n) is 14.7. The predicted octanol–water partition coefficient (Wildman–Crippen LogP) is 3.18. The molecule has 0 unspecified atom stereocenters. The van der Waals surface area contributed by atoms with Crippen molar-refractivity contribution < 1.29 is 33.0 Å². The summed E-state index contributed by atoms with van der Waals surface area (Å²) < 4.78 is 31.2. The number of fused-ring (bicyclic) bond motifs is 1. The standard InChI is InChI=1S/C17H21NO3.C2HF3O/c19-15-9-13-10(7-11(15)16(20)21)8-14-12-3-1-2-4-17(12,13)5-6-18-14;3-2(4,5)1-6/h7,9,12,14,18-19H,1-6,8H2,(H,20,21);1H/t12-,14+,17+;/m1./s1. The van der Waals surface area contributed by atoms with Gasteiger partial charge in [-0.3, -0.25) is 4.79 Å². The summed E-state index contributed by atoms with van der Waals surface area (Å²) >= 11 is 0. The molecule has 2 fully saturated rings. The lowest BCUT2D eigenvalue weighted by Crippen LogP contribution is -2.59. The molecule has 2 bridgehead atoms. The van der Waals surface area contributed by atoms with Gasteiger partial charge in [-0.1, -0.05) is 12.8 Å². The maximum atomic E-state index is 11.3. The van der Waals surface area contributed by atoms with Crippen molar-refractivity contribution in [2.75, 3.05) is 6.54 Å². The fraction of sp³-hybridized carbons (Fsp3) is 0.579. The molecule has 4 rings (SSSR count). The molecule has 3 aliphatic rings. The van der Waals surface area contributed by atoms with Gasteiger partial charge in [-0.25, -0.2) is 4.79 Å². The summed E-state index contributed by atoms with van der Waals surface area (Å²) in [5, 5.41) is 23.0. The molecular formula is C19H22F3NO4. The van der Waals surface area contributed by atoms with Crippen LogP contribution in [0.25, 0.3) is 0 Å². The molecule has 1 heterocycles. The van der Waals surface area contributed by atoms with Crippen LogP contribution < -0.4 is 5.32 Å². The summed E-state index contributed by atoms with van der Waals surface area (Å²) in [7, 11) is 0. The monoisotopic (exact) mass is 385 g/mol. The number of aromatic hydroxyl groups is 1. The lowest BCUT2D eigenvalue weighted by Gasteiger charge is -2.56. The molecule has 0 aromatic heterocycles. The van der Waals surface area contributed by atoms with Crippen LogP contribution in [0, 0.1) is 5.92 Å². The lowest BCUT2D eigenvalue weighted by atomic mass is 9.52. The van der Waals surface area contributed by atoms with E-state index in [1.807, 2.05) is 0 Å². The molecule has 0 spiro atoms. The van der Waals surface area contributed by atoms with Crippen molar-refractivity contribution >= 4 is 12.3 Å². The number of hydrogen-bond donors (Lipinski definition) is 3. The van der Waals surface area contributed by atoms with Gasteiger partial charge in [-0.05, 0) is 61.4 Å². The Labute approximate surface area is 154 Å². The van der Waals surface area contributed by atoms with Gasteiger partial charge in [0.2, 0.25) is 6.29 Å². The van der Waals surface area contributed by atoms with Gasteiger partial charge in [0.15, 0.2) is 0 Å². The second kappa shape index (κ2) is 7.14. The summed E-state index contributed by atoms with van der Waals surface area (Å²) in [4.78, 5) is 20.0. The summed E-state index contributed by atoms with van der Waals surface area (Å²) in [6.07, 6.45) is 1.25. The van der Waals surface area contributed by atoms with Gasteiger partial charge >= 0.3 is 12.1 Å². The van der Waals surface area contributed by atoms with Crippen LogP contribution in [0.1, 0.15) is 53.6 Å². The highest BCUT2D eigenvalue weighted by molar-refractivity contribution is 5.91. The fourth-order valence-corrected chi connectivity index (χ4v) is 5.14. The number of hydrogen-bond acceptors (Lipinski definition) is 4. The number of carbonyl (C=O) groups is 2. The lowest BCUT2D eigenvalue weighted by molar-refractivity contribution is -0.156. The first kappa shape index (κ1) is 19.7. The molecule has 0 radical (unpaired) electrons. The average molecular weight is 385 g/mol. The minimum absolute atomic E-state index is 0.0393. The number of nitrogens with one attached hydrogen (secondary N) is 1. The van der Waals surface area contributed by atoms with Crippen LogP contribution in [0.2, 0.25) is 0 Å². The smallest absolute Gasteiger partial charge is 0.446 e. The van der Waals surface area contributed by atoms with Crippen LogP contribution in [0.3, 0.4) is 0 Å². The summed E-state index contributed by atoms with van der Waals surface area (Å²) in [6.45, 7) is 1.03. The fourth-order valence-electron chi connectivity index (χ4n) is 5.14. The Balaban J connectivity index is 0.000000307. The summed E-state index contributed by atoms with van der Waals surface area (Å²) in [5.74, 6) is -0.476. The first-order valence-corrected chi connectivity index (χ1v) is 9.04. The van der Waals surface area contributed by atoms with E-state index in [0.29, 0.717) is 12.0 Å². The van der Waals surface area contributed by atoms with Gasteiger partial charge in [-0.15, -0.1) is 0 Å². The number of alkyl halides is 3. The Morgan fingerprint density at radius 1 is 1.26 bits per heavy atom. The maximum absolute atomic E-state index is 11.3. The van der Waals surface area contributed by atoms with Crippen LogP contribution >= 0.6 is 0 Å². The number of halogens is 3. The van der Waals surface area contributed by atoms with E-state index in [1.54, 1.807) is 12.1 Å². The van der Waals surface area contributed by atoms with E-state index in [1.165, 1.54) is 31.2 Å². The van der Waals surface area contributed by atoms with Gasteiger partial charge in [0.1, 0.15) is 11.3 Å². The third-order valence-corrected chi connectivity index (χ3v) is 6.12. The van der Waals surface area contributed by atoms with Crippen molar-refractivity contribution in [2.45, 2.75) is 56.2 Å². The number of carbonyl (C=O) groups excluding carboxylic acids is 1. The molecule has 3 N–H and O–H groups in total. The normalized spacial score (nSPS) is 28.9. The van der Waals surface area contributed by atoms with E-state index in [2.05, 4.69) is 5.32 Å². The van der Waals surface area contributed by atoms with E-state index < -0.39 is 18.4 Å². The molecule has 1 aromatic carbocycles. The van der Waals surface area contributed by atoms with Crippen molar-refractivity contribution in [3.05, 3.63) is 28.8 Å². The molecule has 148 valence electrons. The third kappa shape index (κ3) is 3.67. The number of benzene rings is 1. The number of carboxylic acid groups (broad SMARTS) is 1. The molecule has 0 amide bonds. The molecule has 2 aliphatic carbocycles. The zero-order chi connectivity index (χ0) is 19.8. The number of phenols is 1. The van der Waals surface area contributed by atoms with Gasteiger partial charge < -0.3 is 15.5 Å². The van der Waals surface area contributed by atoms with Crippen LogP contribution in [-0.4, -0.2) is 41.2 Å². The average Bonchev–Trinajstić information content (AvgIpc) is 2.62. The summed E-state index contributed by atoms with van der Waals surface area (Å²) in [6, 6.07) is 3.94. The Bertz CT molecular complexity index is 745. The van der Waals surface area contributed by atoms with Crippen LogP contribution in [0.4, 0.5) is 13.2 Å². The topological polar surface area (TPSA) is 86.6 Å². The van der Waals surface area contributed by atoms with Gasteiger partial charge in [0.05, 0.1) is 0 Å². The molecule has 3 atom stereocenters. The molecule has 8 heteroatoms. The second-order valence-electron chi connectivity index (χ2n) is 7.51. The van der Waals surface area contributed by atoms with E-state index in [9.17, 15) is 28.2 Å². The van der Waals surface area contributed by atoms with E-state index in [-0.39, 0.29) is 16.7 Å². The number of aldehydes is 1. The first-order valence-electron chi connectivity index (χ1n) is 9.04. The number of piperidine rings is 1. The molecule has 1 aromatic rings. The highest BCUT2D eigenvalue weighted by Crippen LogP contribution is 2.54. The van der Waals surface area contributed by atoms with Crippen LogP contribution in [0.5, 0.6) is 5.75 Å². The van der Waals surface area contributed by atoms with Gasteiger partial charge in [0.25, 0.3) is 0 Å². The molecule has 27 heavy (non-hydrogen) atoms. The molecule has 5 nitrogen and oxygen atoms in total. The largest absolute Gasteiger partial charge is 0.507 e. The van der Waals surface area contributed by atoms with Crippen molar-refractivity contribution in [3.63, 3.8) is 0 Å². The number of aromatic carboxylic acids is 1. The molecule has 1 saturated heterocycles. The van der Waals surface area contributed by atoms with Crippen LogP contribution in [0.15, 0.2) is 12.1 Å².